The summed E-state index contributed by atoms with van der Waals surface area (Å²) in [7, 11) is 2.93. The number of nitrogens with zero attached hydrogens (tertiary/aromatic N) is 2. The van der Waals surface area contributed by atoms with Crippen molar-refractivity contribution in [2.75, 3.05) is 25.3 Å². The number of aliphatic carboxylic acids is 1. The number of hydrogen-bond donors (Lipinski definition) is 6. The van der Waals surface area contributed by atoms with Crippen LogP contribution in [0.1, 0.15) is 62.6 Å². The van der Waals surface area contributed by atoms with Gasteiger partial charge in [-0.15, -0.1) is 18.3 Å². The van der Waals surface area contributed by atoms with E-state index in [1.54, 1.807) is 30.0 Å². The van der Waals surface area contributed by atoms with Crippen molar-refractivity contribution in [2.45, 2.75) is 32.1 Å². The van der Waals surface area contributed by atoms with E-state index in [0.29, 0.717) is 46.1 Å². The van der Waals surface area contributed by atoms with E-state index >= 15 is 0 Å². The van der Waals surface area contributed by atoms with Crippen molar-refractivity contribution in [3.8, 4) is 17.2 Å². The van der Waals surface area contributed by atoms with Crippen LogP contribution < -0.4 is 25.1 Å². The topological polar surface area (TPSA) is 295 Å². The van der Waals surface area contributed by atoms with Gasteiger partial charge in [-0.3, -0.25) is 19.7 Å². The Bertz CT molecular complexity index is 2570. The van der Waals surface area contributed by atoms with Crippen molar-refractivity contribution in [1.82, 2.24) is 9.97 Å². The van der Waals surface area contributed by atoms with Crippen molar-refractivity contribution >= 4 is 59.0 Å². The molecular formula is C45H45FN4O15S. The second-order valence-corrected chi connectivity index (χ2v) is 14.7. The SMILES string of the molecule is C=CCC(=Cc1cccc([N+](=O)[O-])c1)C(=O)O.CC(C)SCC(=O)Nc1ccc(C(=O)O)cc1.COc1cc(C(=O)O)cc(OCc2ccccc2)c1OC.O=C(O)c1nc[nH]c(=O)c1F. The molecule has 4 aromatic carbocycles. The Hall–Kier alpha value is -8.33. The fourth-order valence-corrected chi connectivity index (χ4v) is 5.41. The Balaban J connectivity index is 0.000000309. The lowest BCUT2D eigenvalue weighted by Crippen LogP contribution is -2.17. The van der Waals surface area contributed by atoms with Crippen molar-refractivity contribution < 1.29 is 67.9 Å². The predicted octanol–water partition coefficient (Wildman–Crippen LogP) is 7.69. The maximum atomic E-state index is 12.5. The molecule has 0 atom stereocenters. The normalized spacial score (nSPS) is 10.2. The first-order chi connectivity index (χ1) is 31.3. The van der Waals surface area contributed by atoms with Crippen LogP contribution in [0.25, 0.3) is 6.08 Å². The molecule has 5 aromatic rings. The molecule has 0 saturated heterocycles. The molecule has 348 valence electrons. The zero-order valence-corrected chi connectivity index (χ0v) is 36.6. The van der Waals surface area contributed by atoms with Gasteiger partial charge in [-0.1, -0.05) is 62.4 Å². The summed E-state index contributed by atoms with van der Waals surface area (Å²) in [5.41, 5.74) is 0.478. The van der Waals surface area contributed by atoms with Gasteiger partial charge in [0.1, 0.15) is 6.61 Å². The van der Waals surface area contributed by atoms with E-state index in [1.807, 2.05) is 49.2 Å². The molecule has 0 unspecified atom stereocenters. The van der Waals surface area contributed by atoms with Crippen molar-refractivity contribution in [3.63, 3.8) is 0 Å². The van der Waals surface area contributed by atoms with Crippen LogP contribution in [-0.4, -0.2) is 90.3 Å². The first-order valence-electron chi connectivity index (χ1n) is 19.0. The summed E-state index contributed by atoms with van der Waals surface area (Å²) in [4.78, 5) is 79.7. The van der Waals surface area contributed by atoms with E-state index in [9.17, 15) is 43.3 Å². The molecular weight excluding hydrogens is 888 g/mol. The first kappa shape index (κ1) is 53.8. The number of nitro benzene ring substituents is 1. The van der Waals surface area contributed by atoms with Crippen LogP contribution in [0.15, 0.2) is 120 Å². The van der Waals surface area contributed by atoms with Gasteiger partial charge in [0.25, 0.3) is 11.2 Å². The van der Waals surface area contributed by atoms with Crippen LogP contribution in [0.2, 0.25) is 0 Å². The van der Waals surface area contributed by atoms with Gasteiger partial charge in [0.05, 0.1) is 42.3 Å². The maximum absolute atomic E-state index is 12.5. The lowest BCUT2D eigenvalue weighted by molar-refractivity contribution is -0.384. The number of carbonyl (C=O) groups excluding carboxylic acids is 1. The van der Waals surface area contributed by atoms with Gasteiger partial charge in [-0.05, 0) is 65.3 Å². The lowest BCUT2D eigenvalue weighted by Gasteiger charge is -2.14. The molecule has 0 aliphatic heterocycles. The molecule has 21 heteroatoms. The van der Waals surface area contributed by atoms with Gasteiger partial charge in [0.2, 0.25) is 17.5 Å². The van der Waals surface area contributed by atoms with Gasteiger partial charge in [-0.25, -0.2) is 24.2 Å². The molecule has 1 amide bonds. The number of H-pyrrole nitrogens is 1. The summed E-state index contributed by atoms with van der Waals surface area (Å²) < 4.78 is 28.5. The van der Waals surface area contributed by atoms with Crippen molar-refractivity contribution in [3.05, 3.63) is 170 Å². The Morgan fingerprint density at radius 2 is 1.52 bits per heavy atom. The number of carboxylic acid groups (broad SMARTS) is 4. The van der Waals surface area contributed by atoms with Crippen LogP contribution in [0.5, 0.6) is 17.2 Å². The van der Waals surface area contributed by atoms with Crippen LogP contribution in [0.4, 0.5) is 15.8 Å². The number of hydrogen-bond acceptors (Lipinski definition) is 13. The monoisotopic (exact) mass is 932 g/mol. The fourth-order valence-electron chi connectivity index (χ4n) is 4.86. The standard InChI is InChI=1S/C16H16O5.C12H11NO4.C12H15NO3S.C5H3FN2O3/c1-19-13-8-12(16(17)18)9-14(15(13)20-2)21-10-11-6-4-3-5-7-11;1-2-4-10(12(14)15)7-9-5-3-6-11(8-9)13(16)17;1-8(2)17-7-11(14)13-10-5-3-9(4-6-10)12(15)16;6-2-3(5(10)11)7-1-8-4(2)9/h3-9H,10H2,1-2H3,(H,17,18);2-3,5-8H,1,4H2,(H,14,15);3-6,8H,7H2,1-2H3,(H,13,14)(H,15,16);1H,(H,10,11)(H,7,8,9). The highest BCUT2D eigenvalue weighted by atomic mass is 32.2. The van der Waals surface area contributed by atoms with E-state index < -0.39 is 45.9 Å². The van der Waals surface area contributed by atoms with Crippen LogP contribution in [0.3, 0.4) is 0 Å². The zero-order valence-electron chi connectivity index (χ0n) is 35.8. The molecule has 0 saturated carbocycles. The largest absolute Gasteiger partial charge is 0.493 e. The number of aromatic carboxylic acids is 3. The van der Waals surface area contributed by atoms with Gasteiger partial charge in [-0.2, -0.15) is 4.39 Å². The summed E-state index contributed by atoms with van der Waals surface area (Å²) in [5.74, 6) is -4.68. The molecule has 0 aliphatic rings. The highest BCUT2D eigenvalue weighted by molar-refractivity contribution is 8.00. The molecule has 19 nitrogen and oxygen atoms in total. The third-order valence-corrected chi connectivity index (χ3v) is 9.05. The third-order valence-electron chi connectivity index (χ3n) is 7.95. The number of allylic oxidation sites excluding steroid dienone is 1. The second-order valence-electron chi connectivity index (χ2n) is 13.1. The van der Waals surface area contributed by atoms with Crippen LogP contribution >= 0.6 is 11.8 Å². The second kappa shape index (κ2) is 27.7. The van der Waals surface area contributed by atoms with Crippen LogP contribution in [0, 0.1) is 15.9 Å². The number of rotatable bonds is 17. The van der Waals surface area contributed by atoms with Crippen LogP contribution in [-0.2, 0) is 16.2 Å². The average Bonchev–Trinajstić information content (AvgIpc) is 3.29. The highest BCUT2D eigenvalue weighted by Gasteiger charge is 2.18. The number of amides is 1. The van der Waals surface area contributed by atoms with E-state index in [-0.39, 0.29) is 34.7 Å². The number of nitrogens with one attached hydrogen (secondary N) is 2. The molecule has 0 fully saturated rings. The molecule has 5 rings (SSSR count). The minimum absolute atomic E-state index is 0.0675. The molecule has 1 aromatic heterocycles. The summed E-state index contributed by atoms with van der Waals surface area (Å²) in [6.07, 6.45) is 3.90. The minimum Gasteiger partial charge on any atom is -0.493 e. The number of carbonyl (C=O) groups is 5. The van der Waals surface area contributed by atoms with Gasteiger partial charge in [0.15, 0.2) is 17.2 Å². The Kier molecular flexibility index (Phi) is 22.6. The summed E-state index contributed by atoms with van der Waals surface area (Å²) in [5, 5.41) is 48.6. The van der Waals surface area contributed by atoms with Crippen molar-refractivity contribution in [1.29, 1.82) is 0 Å². The Morgan fingerprint density at radius 1 is 0.879 bits per heavy atom. The number of carboxylic acids is 4. The number of ether oxygens (including phenoxy) is 3. The third kappa shape index (κ3) is 18.6. The number of thioether (sulfide) groups is 1. The number of aromatic amines is 1. The minimum atomic E-state index is -1.56. The van der Waals surface area contributed by atoms with E-state index in [4.69, 9.17) is 34.6 Å². The number of aromatic nitrogens is 2. The quantitative estimate of drug-likeness (QED) is 0.0225. The van der Waals surface area contributed by atoms with E-state index in [2.05, 4.69) is 16.9 Å². The van der Waals surface area contributed by atoms with Gasteiger partial charge >= 0.3 is 23.9 Å². The smallest absolute Gasteiger partial charge is 0.357 e. The fraction of sp³-hybridized carbons (Fsp3) is 0.178. The predicted molar refractivity (Wildman–Crippen MR) is 242 cm³/mol. The van der Waals surface area contributed by atoms with Gasteiger partial charge in [0, 0.05) is 23.4 Å². The first-order valence-corrected chi connectivity index (χ1v) is 20.0. The number of methoxy groups -OCH3 is 2. The Labute approximate surface area is 380 Å². The molecule has 0 radical (unpaired) electrons. The molecule has 0 aliphatic carbocycles. The molecule has 6 N–H and O–H groups in total. The number of anilines is 1. The number of non-ortho nitro benzene ring substituents is 1. The summed E-state index contributed by atoms with van der Waals surface area (Å²) in [6.45, 7) is 7.82. The Morgan fingerprint density at radius 3 is 2.03 bits per heavy atom. The van der Waals surface area contributed by atoms with E-state index in [0.717, 1.165) is 11.9 Å². The molecule has 1 heterocycles. The van der Waals surface area contributed by atoms with Gasteiger partial charge < -0.3 is 44.9 Å². The number of nitro groups is 1. The number of halogens is 1. The zero-order chi connectivity index (χ0) is 49.3. The van der Waals surface area contributed by atoms with E-state index in [1.165, 1.54) is 68.8 Å². The lowest BCUT2D eigenvalue weighted by atomic mass is 10.1. The maximum Gasteiger partial charge on any atom is 0.357 e. The van der Waals surface area contributed by atoms with Crippen molar-refractivity contribution in [2.24, 2.45) is 0 Å². The number of benzene rings is 4. The molecule has 0 bridgehead atoms. The average molecular weight is 933 g/mol. The summed E-state index contributed by atoms with van der Waals surface area (Å²) in [6, 6.07) is 24.3. The molecule has 66 heavy (non-hydrogen) atoms. The summed E-state index contributed by atoms with van der Waals surface area (Å²) >= 11 is 1.56. The molecule has 0 spiro atoms. The highest BCUT2D eigenvalue weighted by Crippen LogP contribution is 2.39.